The summed E-state index contributed by atoms with van der Waals surface area (Å²) in [5.41, 5.74) is 1.50. The third kappa shape index (κ3) is 8.55. The van der Waals surface area contributed by atoms with Gasteiger partial charge in [-0.1, -0.05) is 72.9 Å². The average molecular weight is 649 g/mol. The molecule has 0 spiro atoms. The van der Waals surface area contributed by atoms with Crippen LogP contribution in [0.3, 0.4) is 0 Å². The first-order valence-corrected chi connectivity index (χ1v) is 16.6. The first-order valence-electron chi connectivity index (χ1n) is 14.0. The summed E-state index contributed by atoms with van der Waals surface area (Å²) in [6.07, 6.45) is 2.85. The van der Waals surface area contributed by atoms with E-state index in [2.05, 4.69) is 5.32 Å². The van der Waals surface area contributed by atoms with Crippen molar-refractivity contribution in [3.63, 3.8) is 0 Å². The van der Waals surface area contributed by atoms with E-state index in [0.29, 0.717) is 46.9 Å². The largest absolute Gasteiger partial charge is 0.486 e. The number of nitrogens with one attached hydrogen (secondary N) is 1. The Morgan fingerprint density at radius 2 is 1.63 bits per heavy atom. The van der Waals surface area contributed by atoms with Gasteiger partial charge in [0.15, 0.2) is 11.5 Å². The summed E-state index contributed by atoms with van der Waals surface area (Å²) in [4.78, 5) is 29.3. The molecule has 1 aliphatic heterocycles. The van der Waals surface area contributed by atoms with Crippen molar-refractivity contribution in [2.45, 2.75) is 38.8 Å². The molecule has 2 amide bonds. The van der Waals surface area contributed by atoms with Gasteiger partial charge in [0.25, 0.3) is 0 Å². The number of carbonyl (C=O) groups excluding carboxylic acids is 2. The Kier molecular flexibility index (Phi) is 11.2. The number of anilines is 1. The van der Waals surface area contributed by atoms with Crippen LogP contribution in [-0.4, -0.2) is 63.7 Å². The molecule has 0 aromatic heterocycles. The lowest BCUT2D eigenvalue weighted by molar-refractivity contribution is -0.140. The fourth-order valence-electron chi connectivity index (χ4n) is 4.71. The molecule has 9 nitrogen and oxygen atoms in total. The molecule has 0 saturated heterocycles. The molecule has 3 aromatic carbocycles. The Labute approximate surface area is 262 Å². The molecule has 43 heavy (non-hydrogen) atoms. The smallest absolute Gasteiger partial charge is 0.244 e. The van der Waals surface area contributed by atoms with Gasteiger partial charge in [0, 0.05) is 41.2 Å². The number of ether oxygens (including phenoxy) is 2. The minimum atomic E-state index is -3.95. The highest BCUT2D eigenvalue weighted by Gasteiger charge is 2.34. The second-order valence-electron chi connectivity index (χ2n) is 10.2. The molecule has 0 fully saturated rings. The molecule has 0 saturated carbocycles. The van der Waals surface area contributed by atoms with E-state index >= 15 is 0 Å². The van der Waals surface area contributed by atoms with Crippen LogP contribution in [0.15, 0.2) is 66.7 Å². The van der Waals surface area contributed by atoms with Crippen molar-refractivity contribution in [2.24, 2.45) is 0 Å². The molecular weight excluding hydrogens is 613 g/mol. The number of fused-ring (bicyclic) bond motifs is 1. The van der Waals surface area contributed by atoms with E-state index in [1.165, 1.54) is 11.0 Å². The van der Waals surface area contributed by atoms with E-state index in [1.54, 1.807) is 30.3 Å². The summed E-state index contributed by atoms with van der Waals surface area (Å²) >= 11 is 13.0. The van der Waals surface area contributed by atoms with Crippen LogP contribution in [0.1, 0.15) is 30.9 Å². The maximum atomic E-state index is 14.3. The topological polar surface area (TPSA) is 105 Å². The zero-order valence-corrected chi connectivity index (χ0v) is 26.4. The van der Waals surface area contributed by atoms with Crippen LogP contribution in [0.25, 0.3) is 0 Å². The van der Waals surface area contributed by atoms with Crippen LogP contribution in [0.4, 0.5) is 5.69 Å². The van der Waals surface area contributed by atoms with Gasteiger partial charge in [0.2, 0.25) is 21.8 Å². The monoisotopic (exact) mass is 647 g/mol. The maximum Gasteiger partial charge on any atom is 0.244 e. The number of unbranched alkanes of at least 4 members (excludes halogenated alkanes) is 1. The number of hydrogen-bond acceptors (Lipinski definition) is 6. The standard InChI is InChI=1S/C31H35Cl2N3O6S/c1-3-4-15-34-31(38)27(18-22-9-6-5-7-10-22)35(20-24-25(32)11-8-12-26(24)33)30(37)21-36(43(2,39)40)23-13-14-28-29(19-23)42-17-16-41-28/h5-14,19,27H,3-4,15-18,20-21H2,1-2H3,(H,34,38). The highest BCUT2D eigenvalue weighted by Crippen LogP contribution is 2.35. The van der Waals surface area contributed by atoms with Crippen molar-refractivity contribution in [3.05, 3.63) is 87.9 Å². The zero-order valence-electron chi connectivity index (χ0n) is 24.1. The Hall–Kier alpha value is -3.47. The number of nitrogens with zero attached hydrogens (tertiary/aromatic N) is 2. The second kappa shape index (κ2) is 14.8. The van der Waals surface area contributed by atoms with Gasteiger partial charge >= 0.3 is 0 Å². The van der Waals surface area contributed by atoms with Crippen LogP contribution in [0.2, 0.25) is 10.0 Å². The minimum absolute atomic E-state index is 0.116. The molecule has 1 N–H and O–H groups in total. The normalized spacial score (nSPS) is 13.2. The van der Waals surface area contributed by atoms with Crippen LogP contribution < -0.4 is 19.1 Å². The Balaban J connectivity index is 1.75. The molecular formula is C31H35Cl2N3O6S. The molecule has 1 aliphatic rings. The fraction of sp³-hybridized carbons (Fsp3) is 0.355. The quantitative estimate of drug-likeness (QED) is 0.259. The van der Waals surface area contributed by atoms with Crippen molar-refractivity contribution < 1.29 is 27.5 Å². The highest BCUT2D eigenvalue weighted by molar-refractivity contribution is 7.92. The Morgan fingerprint density at radius 3 is 2.28 bits per heavy atom. The molecule has 12 heteroatoms. The number of hydrogen-bond donors (Lipinski definition) is 1. The molecule has 1 atom stereocenters. The van der Waals surface area contributed by atoms with E-state index in [0.717, 1.165) is 29.0 Å². The van der Waals surface area contributed by atoms with E-state index < -0.39 is 28.5 Å². The SMILES string of the molecule is CCCCNC(=O)C(Cc1ccccc1)N(Cc1c(Cl)cccc1Cl)C(=O)CN(c1ccc2c(c1)OCCO2)S(C)(=O)=O. The number of benzene rings is 3. The maximum absolute atomic E-state index is 14.3. The number of amides is 2. The highest BCUT2D eigenvalue weighted by atomic mass is 35.5. The number of sulfonamides is 1. The summed E-state index contributed by atoms with van der Waals surface area (Å²) in [6, 6.07) is 18.0. The van der Waals surface area contributed by atoms with E-state index in [4.69, 9.17) is 32.7 Å². The second-order valence-corrected chi connectivity index (χ2v) is 12.9. The molecule has 230 valence electrons. The van der Waals surface area contributed by atoms with E-state index in [9.17, 15) is 18.0 Å². The first-order chi connectivity index (χ1) is 20.6. The molecule has 0 radical (unpaired) electrons. The van der Waals surface area contributed by atoms with Crippen molar-refractivity contribution in [2.75, 3.05) is 36.9 Å². The van der Waals surface area contributed by atoms with Gasteiger partial charge in [-0.3, -0.25) is 13.9 Å². The summed E-state index contributed by atoms with van der Waals surface area (Å²) in [5, 5.41) is 3.59. The van der Waals surface area contributed by atoms with Gasteiger partial charge < -0.3 is 19.7 Å². The van der Waals surface area contributed by atoms with E-state index in [-0.39, 0.29) is 24.6 Å². The van der Waals surface area contributed by atoms with Gasteiger partial charge in [0.05, 0.1) is 11.9 Å². The Morgan fingerprint density at radius 1 is 0.953 bits per heavy atom. The predicted octanol–water partition coefficient (Wildman–Crippen LogP) is 5.09. The predicted molar refractivity (Wildman–Crippen MR) is 168 cm³/mol. The number of carbonyl (C=O) groups is 2. The van der Waals surface area contributed by atoms with Crippen molar-refractivity contribution in [3.8, 4) is 11.5 Å². The van der Waals surface area contributed by atoms with Crippen LogP contribution in [0, 0.1) is 0 Å². The molecule has 0 aliphatic carbocycles. The minimum Gasteiger partial charge on any atom is -0.486 e. The van der Waals surface area contributed by atoms with Crippen LogP contribution >= 0.6 is 23.2 Å². The lowest BCUT2D eigenvalue weighted by Crippen LogP contribution is -2.53. The average Bonchev–Trinajstić information content (AvgIpc) is 2.98. The summed E-state index contributed by atoms with van der Waals surface area (Å²) in [5.74, 6) is -0.111. The third-order valence-electron chi connectivity index (χ3n) is 6.98. The molecule has 1 unspecified atom stereocenters. The number of rotatable bonds is 13. The van der Waals surface area contributed by atoms with Crippen LogP contribution in [-0.2, 0) is 32.6 Å². The lowest BCUT2D eigenvalue weighted by Gasteiger charge is -2.34. The fourth-order valence-corrected chi connectivity index (χ4v) is 6.07. The third-order valence-corrected chi connectivity index (χ3v) is 8.83. The molecule has 0 bridgehead atoms. The summed E-state index contributed by atoms with van der Waals surface area (Å²) in [6.45, 7) is 2.45. The van der Waals surface area contributed by atoms with Gasteiger partial charge in [-0.15, -0.1) is 0 Å². The molecule has 1 heterocycles. The van der Waals surface area contributed by atoms with E-state index in [1.807, 2.05) is 37.3 Å². The van der Waals surface area contributed by atoms with Gasteiger partial charge in [-0.2, -0.15) is 0 Å². The zero-order chi connectivity index (χ0) is 31.0. The first kappa shape index (κ1) is 32.4. The van der Waals surface area contributed by atoms with Crippen molar-refractivity contribution >= 4 is 50.7 Å². The summed E-state index contributed by atoms with van der Waals surface area (Å²) in [7, 11) is -3.95. The van der Waals surface area contributed by atoms with Gasteiger partial charge in [0.1, 0.15) is 25.8 Å². The number of halogens is 2. The molecule has 3 aromatic rings. The lowest BCUT2D eigenvalue weighted by atomic mass is 10.0. The summed E-state index contributed by atoms with van der Waals surface area (Å²) < 4.78 is 38.3. The molecule has 4 rings (SSSR count). The van der Waals surface area contributed by atoms with Gasteiger partial charge in [-0.25, -0.2) is 8.42 Å². The van der Waals surface area contributed by atoms with Crippen molar-refractivity contribution in [1.29, 1.82) is 0 Å². The Bertz CT molecular complexity index is 1520. The van der Waals surface area contributed by atoms with Crippen molar-refractivity contribution in [1.82, 2.24) is 10.2 Å². The van der Waals surface area contributed by atoms with Gasteiger partial charge in [-0.05, 0) is 36.2 Å². The van der Waals surface area contributed by atoms with Crippen LogP contribution in [0.5, 0.6) is 11.5 Å².